The van der Waals surface area contributed by atoms with E-state index in [0.717, 1.165) is 33.6 Å². The van der Waals surface area contributed by atoms with Crippen LogP contribution in [0.3, 0.4) is 0 Å². The van der Waals surface area contributed by atoms with E-state index < -0.39 is 6.09 Å². The summed E-state index contributed by atoms with van der Waals surface area (Å²) in [6.07, 6.45) is -0.474. The molecule has 0 saturated heterocycles. The minimum absolute atomic E-state index is 0.314. The number of methoxy groups -OCH3 is 2. The van der Waals surface area contributed by atoms with Crippen LogP contribution < -0.4 is 9.75 Å². The molecule has 0 radical (unpaired) electrons. The van der Waals surface area contributed by atoms with Crippen LogP contribution in [-0.4, -0.2) is 42.9 Å². The molecule has 0 aliphatic carbocycles. The number of aromatic amines is 1. The monoisotopic (exact) mass is 409 g/mol. The molecule has 8 heteroatoms. The van der Waals surface area contributed by atoms with Crippen molar-refractivity contribution in [3.8, 4) is 5.75 Å². The maximum absolute atomic E-state index is 12.6. The first-order valence-corrected chi connectivity index (χ1v) is 9.63. The molecular weight excluding hydrogens is 386 g/mol. The summed E-state index contributed by atoms with van der Waals surface area (Å²) >= 11 is 0. The molecule has 0 unspecified atom stereocenters. The standard InChI is InChI=1S/C22H23N3O5/c1-4-30-21(26)15-7-10-17-18(11-15)23-19-13-24(25(20(17)19)22(27)29-3)12-14-5-8-16(28-2)9-6-14/h5-11,23H,4,12-13H2,1-3H3. The fourth-order valence-electron chi connectivity index (χ4n) is 3.69. The molecule has 1 aliphatic heterocycles. The first-order valence-electron chi connectivity index (χ1n) is 9.63. The average molecular weight is 409 g/mol. The number of esters is 1. The number of H-pyrrole nitrogens is 1. The number of rotatable bonds is 5. The van der Waals surface area contributed by atoms with Crippen LogP contribution in [0.15, 0.2) is 42.5 Å². The Morgan fingerprint density at radius 2 is 1.87 bits per heavy atom. The second kappa shape index (κ2) is 8.08. The van der Waals surface area contributed by atoms with Crippen LogP contribution in [0.5, 0.6) is 5.75 Å². The molecule has 0 saturated carbocycles. The van der Waals surface area contributed by atoms with Gasteiger partial charge < -0.3 is 19.2 Å². The highest BCUT2D eigenvalue weighted by Crippen LogP contribution is 2.39. The van der Waals surface area contributed by atoms with Gasteiger partial charge in [0.15, 0.2) is 0 Å². The molecule has 4 rings (SSSR count). The number of benzene rings is 2. The van der Waals surface area contributed by atoms with Crippen LogP contribution in [0.25, 0.3) is 10.9 Å². The fourth-order valence-corrected chi connectivity index (χ4v) is 3.69. The molecule has 0 fully saturated rings. The van der Waals surface area contributed by atoms with Crippen molar-refractivity contribution in [2.24, 2.45) is 0 Å². The Morgan fingerprint density at radius 1 is 1.10 bits per heavy atom. The SMILES string of the molecule is CCOC(=O)c1ccc2c3c([nH]c2c1)CN(Cc1ccc(OC)cc1)N3C(=O)OC. The largest absolute Gasteiger partial charge is 0.497 e. The molecule has 2 heterocycles. The number of hydrogen-bond acceptors (Lipinski definition) is 6. The highest BCUT2D eigenvalue weighted by molar-refractivity contribution is 6.05. The third-order valence-electron chi connectivity index (χ3n) is 5.06. The van der Waals surface area contributed by atoms with Gasteiger partial charge in [0.25, 0.3) is 0 Å². The topological polar surface area (TPSA) is 84.1 Å². The number of ether oxygens (including phenoxy) is 3. The van der Waals surface area contributed by atoms with Gasteiger partial charge in [-0.2, -0.15) is 0 Å². The Hall–Kier alpha value is -3.52. The molecule has 30 heavy (non-hydrogen) atoms. The maximum Gasteiger partial charge on any atom is 0.429 e. The Bertz CT molecular complexity index is 1090. The number of aromatic nitrogens is 1. The van der Waals surface area contributed by atoms with Crippen LogP contribution in [0.2, 0.25) is 0 Å². The van der Waals surface area contributed by atoms with E-state index >= 15 is 0 Å². The van der Waals surface area contributed by atoms with Crippen molar-refractivity contribution in [3.05, 3.63) is 59.3 Å². The van der Waals surface area contributed by atoms with E-state index in [2.05, 4.69) is 4.98 Å². The smallest absolute Gasteiger partial charge is 0.429 e. The molecule has 156 valence electrons. The number of hydrazine groups is 1. The number of nitrogens with one attached hydrogen (secondary N) is 1. The van der Waals surface area contributed by atoms with Gasteiger partial charge in [0.1, 0.15) is 5.75 Å². The summed E-state index contributed by atoms with van der Waals surface area (Å²) in [6.45, 7) is 3.10. The van der Waals surface area contributed by atoms with Crippen molar-refractivity contribution >= 4 is 28.7 Å². The average Bonchev–Trinajstić information content (AvgIpc) is 3.28. The summed E-state index contributed by atoms with van der Waals surface area (Å²) in [5.41, 5.74) is 3.88. The molecule has 3 aromatic rings. The summed E-state index contributed by atoms with van der Waals surface area (Å²) in [5, 5.41) is 4.29. The second-order valence-corrected chi connectivity index (χ2v) is 6.89. The van der Waals surface area contributed by atoms with E-state index in [-0.39, 0.29) is 5.97 Å². The lowest BCUT2D eigenvalue weighted by atomic mass is 10.1. The number of amides is 1. The zero-order valence-corrected chi connectivity index (χ0v) is 17.1. The van der Waals surface area contributed by atoms with Gasteiger partial charge in [0.05, 0.1) is 44.3 Å². The van der Waals surface area contributed by atoms with Gasteiger partial charge in [0, 0.05) is 17.4 Å². The number of anilines is 1. The molecule has 0 atom stereocenters. The molecule has 0 bridgehead atoms. The van der Waals surface area contributed by atoms with Crippen LogP contribution >= 0.6 is 0 Å². The minimum Gasteiger partial charge on any atom is -0.497 e. The van der Waals surface area contributed by atoms with E-state index in [4.69, 9.17) is 14.2 Å². The van der Waals surface area contributed by atoms with E-state index in [1.165, 1.54) is 7.11 Å². The van der Waals surface area contributed by atoms with Gasteiger partial charge in [-0.25, -0.2) is 19.6 Å². The van der Waals surface area contributed by atoms with E-state index in [1.54, 1.807) is 31.2 Å². The Labute approximate surface area is 173 Å². The lowest BCUT2D eigenvalue weighted by molar-refractivity contribution is 0.0526. The van der Waals surface area contributed by atoms with E-state index in [9.17, 15) is 9.59 Å². The van der Waals surface area contributed by atoms with Crippen molar-refractivity contribution in [1.82, 2.24) is 9.99 Å². The maximum atomic E-state index is 12.6. The van der Waals surface area contributed by atoms with Crippen molar-refractivity contribution < 1.29 is 23.8 Å². The van der Waals surface area contributed by atoms with Crippen LogP contribution in [0.4, 0.5) is 10.5 Å². The summed E-state index contributed by atoms with van der Waals surface area (Å²) in [7, 11) is 2.99. The molecule has 1 amide bonds. The first-order chi connectivity index (χ1) is 14.5. The van der Waals surface area contributed by atoms with Gasteiger partial charge >= 0.3 is 12.1 Å². The molecule has 8 nitrogen and oxygen atoms in total. The summed E-state index contributed by atoms with van der Waals surface area (Å²) in [6, 6.07) is 13.0. The number of fused-ring (bicyclic) bond motifs is 3. The van der Waals surface area contributed by atoms with Crippen molar-refractivity contribution in [2.75, 3.05) is 25.8 Å². The van der Waals surface area contributed by atoms with Crippen molar-refractivity contribution in [3.63, 3.8) is 0 Å². The molecular formula is C22H23N3O5. The predicted molar refractivity (Wildman–Crippen MR) is 111 cm³/mol. The molecule has 1 aromatic heterocycles. The third kappa shape index (κ3) is 3.46. The molecule has 1 aliphatic rings. The third-order valence-corrected chi connectivity index (χ3v) is 5.06. The highest BCUT2D eigenvalue weighted by atomic mass is 16.5. The van der Waals surface area contributed by atoms with Crippen LogP contribution in [0, 0.1) is 0 Å². The lowest BCUT2D eigenvalue weighted by Crippen LogP contribution is -2.42. The fraction of sp³-hybridized carbons (Fsp3) is 0.273. The number of hydrogen-bond donors (Lipinski definition) is 1. The Balaban J connectivity index is 1.67. The Morgan fingerprint density at radius 3 is 2.53 bits per heavy atom. The van der Waals surface area contributed by atoms with Gasteiger partial charge in [-0.15, -0.1) is 0 Å². The normalized spacial score (nSPS) is 13.4. The lowest BCUT2D eigenvalue weighted by Gasteiger charge is -2.27. The van der Waals surface area contributed by atoms with Gasteiger partial charge in [0.2, 0.25) is 0 Å². The predicted octanol–water partition coefficient (Wildman–Crippen LogP) is 3.86. The molecule has 1 N–H and O–H groups in total. The van der Waals surface area contributed by atoms with Gasteiger partial charge in [-0.1, -0.05) is 12.1 Å². The number of carbonyl (C=O) groups is 2. The van der Waals surface area contributed by atoms with E-state index in [1.807, 2.05) is 35.3 Å². The Kier molecular flexibility index (Phi) is 5.33. The number of carbonyl (C=O) groups excluding carboxylic acids is 2. The zero-order chi connectivity index (χ0) is 21.3. The minimum atomic E-state index is -0.474. The van der Waals surface area contributed by atoms with Crippen LogP contribution in [-0.2, 0) is 22.6 Å². The second-order valence-electron chi connectivity index (χ2n) is 6.89. The van der Waals surface area contributed by atoms with Crippen molar-refractivity contribution in [1.29, 1.82) is 0 Å². The number of nitrogens with zero attached hydrogens (tertiary/aromatic N) is 2. The zero-order valence-electron chi connectivity index (χ0n) is 17.1. The van der Waals surface area contributed by atoms with E-state index in [0.29, 0.717) is 25.3 Å². The first kappa shape index (κ1) is 19.8. The molecule has 2 aromatic carbocycles. The summed E-state index contributed by atoms with van der Waals surface area (Å²) < 4.78 is 15.3. The van der Waals surface area contributed by atoms with Crippen LogP contribution in [0.1, 0.15) is 28.5 Å². The van der Waals surface area contributed by atoms with Gasteiger partial charge in [-0.05, 0) is 42.8 Å². The molecule has 0 spiro atoms. The quantitative estimate of drug-likeness (QED) is 0.645. The van der Waals surface area contributed by atoms with Crippen molar-refractivity contribution in [2.45, 2.75) is 20.0 Å². The summed E-state index contributed by atoms with van der Waals surface area (Å²) in [5.74, 6) is 0.402. The summed E-state index contributed by atoms with van der Waals surface area (Å²) in [4.78, 5) is 28.0. The van der Waals surface area contributed by atoms with Gasteiger partial charge in [-0.3, -0.25) is 0 Å². The highest BCUT2D eigenvalue weighted by Gasteiger charge is 2.36.